The maximum atomic E-state index is 10.9. The summed E-state index contributed by atoms with van der Waals surface area (Å²) in [5.41, 5.74) is 5.90. The number of rotatable bonds is 4. The molecule has 0 radical (unpaired) electrons. The summed E-state index contributed by atoms with van der Waals surface area (Å²) in [6.45, 7) is 2.38. The van der Waals surface area contributed by atoms with E-state index in [2.05, 4.69) is 0 Å². The van der Waals surface area contributed by atoms with Crippen molar-refractivity contribution < 1.29 is 14.6 Å². The van der Waals surface area contributed by atoms with Gasteiger partial charge in [0.15, 0.2) is 0 Å². The van der Waals surface area contributed by atoms with E-state index in [4.69, 9.17) is 27.2 Å². The predicted octanol–water partition coefficient (Wildman–Crippen LogP) is 2.41. The van der Waals surface area contributed by atoms with Gasteiger partial charge >= 0.3 is 5.97 Å². The summed E-state index contributed by atoms with van der Waals surface area (Å²) in [6, 6.07) is 2.73. The average molecular weight is 230 g/mol. The Morgan fingerprint density at radius 3 is 2.80 bits per heavy atom. The Hall–Kier alpha value is -1.42. The van der Waals surface area contributed by atoms with Gasteiger partial charge < -0.3 is 15.6 Å². The number of nitrogens with two attached hydrogens (primary N) is 1. The topological polar surface area (TPSA) is 72.5 Å². The maximum Gasteiger partial charge on any atom is 0.339 e. The zero-order valence-corrected chi connectivity index (χ0v) is 9.04. The lowest BCUT2D eigenvalue weighted by atomic mass is 10.2. The van der Waals surface area contributed by atoms with Gasteiger partial charge in [0.2, 0.25) is 0 Å². The maximum absolute atomic E-state index is 10.9. The van der Waals surface area contributed by atoms with Crippen LogP contribution in [0.2, 0.25) is 5.02 Å². The molecule has 82 valence electrons. The van der Waals surface area contributed by atoms with E-state index in [9.17, 15) is 4.79 Å². The van der Waals surface area contributed by atoms with E-state index < -0.39 is 5.97 Å². The van der Waals surface area contributed by atoms with E-state index in [-0.39, 0.29) is 16.3 Å². The Morgan fingerprint density at radius 2 is 2.27 bits per heavy atom. The van der Waals surface area contributed by atoms with Crippen LogP contribution < -0.4 is 10.5 Å². The minimum Gasteiger partial charge on any atom is -0.493 e. The van der Waals surface area contributed by atoms with Crippen molar-refractivity contribution in [2.45, 2.75) is 13.3 Å². The number of anilines is 1. The standard InChI is InChI=1S/C10H12ClNO3/c1-2-3-15-9-5-8(12)7(11)4-6(9)10(13)14/h4-5H,2-3,12H2,1H3,(H,13,14). The molecule has 5 heteroatoms. The van der Waals surface area contributed by atoms with Gasteiger partial charge in [-0.25, -0.2) is 4.79 Å². The van der Waals surface area contributed by atoms with Crippen molar-refractivity contribution in [1.29, 1.82) is 0 Å². The molecular formula is C10H12ClNO3. The zero-order valence-electron chi connectivity index (χ0n) is 8.29. The molecule has 0 fully saturated rings. The van der Waals surface area contributed by atoms with Gasteiger partial charge in [0.1, 0.15) is 11.3 Å². The predicted molar refractivity (Wildman–Crippen MR) is 58.6 cm³/mol. The van der Waals surface area contributed by atoms with Crippen LogP contribution in [0.1, 0.15) is 23.7 Å². The van der Waals surface area contributed by atoms with Crippen molar-refractivity contribution in [2.24, 2.45) is 0 Å². The molecule has 0 saturated heterocycles. The van der Waals surface area contributed by atoms with Crippen molar-refractivity contribution in [3.05, 3.63) is 22.7 Å². The highest BCUT2D eigenvalue weighted by atomic mass is 35.5. The van der Waals surface area contributed by atoms with Crippen LogP contribution >= 0.6 is 11.6 Å². The molecule has 0 saturated carbocycles. The first kappa shape index (κ1) is 11.7. The second-order valence-electron chi connectivity index (χ2n) is 3.02. The number of carbonyl (C=O) groups is 1. The number of benzene rings is 1. The van der Waals surface area contributed by atoms with Crippen LogP contribution in [0, 0.1) is 0 Å². The van der Waals surface area contributed by atoms with Gasteiger partial charge in [-0.05, 0) is 12.5 Å². The van der Waals surface area contributed by atoms with Gasteiger partial charge in [-0.15, -0.1) is 0 Å². The quantitative estimate of drug-likeness (QED) is 0.778. The van der Waals surface area contributed by atoms with E-state index in [1.165, 1.54) is 12.1 Å². The monoisotopic (exact) mass is 229 g/mol. The average Bonchev–Trinajstić information content (AvgIpc) is 2.19. The van der Waals surface area contributed by atoms with E-state index >= 15 is 0 Å². The molecule has 0 bridgehead atoms. The lowest BCUT2D eigenvalue weighted by Crippen LogP contribution is -2.05. The molecular weight excluding hydrogens is 218 g/mol. The fourth-order valence-electron chi connectivity index (χ4n) is 1.07. The molecule has 0 spiro atoms. The lowest BCUT2D eigenvalue weighted by molar-refractivity contribution is 0.0692. The van der Waals surface area contributed by atoms with E-state index in [1.807, 2.05) is 6.92 Å². The molecule has 0 amide bonds. The third-order valence-electron chi connectivity index (χ3n) is 1.79. The summed E-state index contributed by atoms with van der Waals surface area (Å²) in [6.07, 6.45) is 0.793. The van der Waals surface area contributed by atoms with Crippen LogP contribution in [0.4, 0.5) is 5.69 Å². The largest absolute Gasteiger partial charge is 0.493 e. The minimum atomic E-state index is -1.08. The highest BCUT2D eigenvalue weighted by Crippen LogP contribution is 2.29. The summed E-state index contributed by atoms with van der Waals surface area (Å²) < 4.78 is 5.26. The van der Waals surface area contributed by atoms with Crippen molar-refractivity contribution in [2.75, 3.05) is 12.3 Å². The smallest absolute Gasteiger partial charge is 0.339 e. The molecule has 1 aromatic rings. The Kier molecular flexibility index (Phi) is 3.80. The molecule has 0 aliphatic heterocycles. The molecule has 1 aromatic carbocycles. The molecule has 4 nitrogen and oxygen atoms in total. The number of carboxylic acids is 1. The van der Waals surface area contributed by atoms with Crippen molar-refractivity contribution >= 4 is 23.3 Å². The summed E-state index contributed by atoms with van der Waals surface area (Å²) in [5.74, 6) is -0.825. The molecule has 0 heterocycles. The van der Waals surface area contributed by atoms with Crippen LogP contribution in [0.3, 0.4) is 0 Å². The van der Waals surface area contributed by atoms with Gasteiger partial charge in [-0.2, -0.15) is 0 Å². The molecule has 0 aliphatic rings. The molecule has 3 N–H and O–H groups in total. The van der Waals surface area contributed by atoms with Gasteiger partial charge in [0.05, 0.1) is 17.3 Å². The number of carboxylic acid groups (broad SMARTS) is 1. The van der Waals surface area contributed by atoms with Gasteiger partial charge in [0, 0.05) is 6.07 Å². The zero-order chi connectivity index (χ0) is 11.4. The normalized spacial score (nSPS) is 10.0. The summed E-state index contributed by atoms with van der Waals surface area (Å²) >= 11 is 5.72. The summed E-state index contributed by atoms with van der Waals surface area (Å²) in [7, 11) is 0. The number of hydrogen-bond donors (Lipinski definition) is 2. The lowest BCUT2D eigenvalue weighted by Gasteiger charge is -2.09. The molecule has 1 rings (SSSR count). The first-order chi connectivity index (χ1) is 7.06. The van der Waals surface area contributed by atoms with Crippen molar-refractivity contribution in [3.8, 4) is 5.75 Å². The summed E-state index contributed by atoms with van der Waals surface area (Å²) in [5, 5.41) is 9.12. The molecule has 0 aromatic heterocycles. The number of nitrogen functional groups attached to an aromatic ring is 1. The molecule has 0 aliphatic carbocycles. The first-order valence-corrected chi connectivity index (χ1v) is 4.89. The van der Waals surface area contributed by atoms with Crippen molar-refractivity contribution in [1.82, 2.24) is 0 Å². The number of halogens is 1. The minimum absolute atomic E-state index is 0.0302. The second kappa shape index (κ2) is 4.89. The fraction of sp³-hybridized carbons (Fsp3) is 0.300. The van der Waals surface area contributed by atoms with E-state index in [0.29, 0.717) is 12.3 Å². The number of hydrogen-bond acceptors (Lipinski definition) is 3. The first-order valence-electron chi connectivity index (χ1n) is 4.51. The third kappa shape index (κ3) is 2.76. The number of ether oxygens (including phenoxy) is 1. The van der Waals surface area contributed by atoms with Crippen LogP contribution in [0.5, 0.6) is 5.75 Å². The highest BCUT2D eigenvalue weighted by Gasteiger charge is 2.14. The van der Waals surface area contributed by atoms with Crippen LogP contribution in [0.25, 0.3) is 0 Å². The van der Waals surface area contributed by atoms with Crippen molar-refractivity contribution in [3.63, 3.8) is 0 Å². The number of aromatic carboxylic acids is 1. The Balaban J connectivity index is 3.10. The fourth-order valence-corrected chi connectivity index (χ4v) is 1.23. The van der Waals surface area contributed by atoms with Gasteiger partial charge in [-0.3, -0.25) is 0 Å². The SMILES string of the molecule is CCCOc1cc(N)c(Cl)cc1C(=O)O. The second-order valence-corrected chi connectivity index (χ2v) is 3.43. The molecule has 0 unspecified atom stereocenters. The Labute approximate surface area is 92.6 Å². The van der Waals surface area contributed by atoms with Crippen LogP contribution in [-0.2, 0) is 0 Å². The third-order valence-corrected chi connectivity index (χ3v) is 2.12. The van der Waals surface area contributed by atoms with E-state index in [0.717, 1.165) is 6.42 Å². The van der Waals surface area contributed by atoms with E-state index in [1.54, 1.807) is 0 Å². The summed E-state index contributed by atoms with van der Waals surface area (Å²) in [4.78, 5) is 10.9. The molecule has 15 heavy (non-hydrogen) atoms. The van der Waals surface area contributed by atoms with Crippen LogP contribution in [-0.4, -0.2) is 17.7 Å². The van der Waals surface area contributed by atoms with Gasteiger partial charge in [0.25, 0.3) is 0 Å². The highest BCUT2D eigenvalue weighted by molar-refractivity contribution is 6.33. The Bertz CT molecular complexity index is 379. The van der Waals surface area contributed by atoms with Gasteiger partial charge in [-0.1, -0.05) is 18.5 Å². The Morgan fingerprint density at radius 1 is 1.60 bits per heavy atom. The molecule has 0 atom stereocenters. The van der Waals surface area contributed by atoms with Crippen LogP contribution in [0.15, 0.2) is 12.1 Å².